The third kappa shape index (κ3) is 5.90. The minimum Gasteiger partial charge on any atom is -0.393 e. The number of hydrogen-bond donors (Lipinski definition) is 3. The molecule has 0 spiro atoms. The van der Waals surface area contributed by atoms with E-state index in [4.69, 9.17) is 0 Å². The van der Waals surface area contributed by atoms with Gasteiger partial charge in [0.25, 0.3) is 0 Å². The first-order valence-corrected chi connectivity index (χ1v) is 8.17. The van der Waals surface area contributed by atoms with E-state index in [2.05, 4.69) is 10.6 Å². The van der Waals surface area contributed by atoms with Crippen molar-refractivity contribution in [2.45, 2.75) is 44.2 Å². The van der Waals surface area contributed by atoms with E-state index in [-0.39, 0.29) is 30.3 Å². The Hall–Kier alpha value is 0.0300. The summed E-state index contributed by atoms with van der Waals surface area (Å²) < 4.78 is 0. The number of aliphatic hydroxyl groups excluding tert-OH is 1. The normalized spacial score (nSPS) is 31.3. The molecule has 1 aliphatic carbocycles. The van der Waals surface area contributed by atoms with Crippen molar-refractivity contribution >= 4 is 30.1 Å². The molecule has 1 saturated heterocycles. The second-order valence-electron chi connectivity index (χ2n) is 5.35. The van der Waals surface area contributed by atoms with Gasteiger partial charge >= 0.3 is 0 Å². The van der Waals surface area contributed by atoms with Crippen molar-refractivity contribution in [1.82, 2.24) is 10.6 Å². The van der Waals surface area contributed by atoms with Crippen LogP contribution in [0.2, 0.25) is 0 Å². The van der Waals surface area contributed by atoms with Crippen LogP contribution in [0.25, 0.3) is 0 Å². The van der Waals surface area contributed by atoms with Gasteiger partial charge in [-0.1, -0.05) is 12.8 Å². The molecule has 0 aromatic carbocycles. The number of halogens is 1. The molecule has 19 heavy (non-hydrogen) atoms. The lowest BCUT2D eigenvalue weighted by Crippen LogP contribution is -2.43. The molecule has 1 saturated carbocycles. The van der Waals surface area contributed by atoms with Crippen molar-refractivity contribution in [3.05, 3.63) is 0 Å². The topological polar surface area (TPSA) is 61.4 Å². The summed E-state index contributed by atoms with van der Waals surface area (Å²) in [7, 11) is 0. The average molecular weight is 309 g/mol. The predicted octanol–water partition coefficient (Wildman–Crippen LogP) is 1.17. The number of hydrogen-bond acceptors (Lipinski definition) is 4. The van der Waals surface area contributed by atoms with Crippen LogP contribution in [0.3, 0.4) is 0 Å². The highest BCUT2D eigenvalue weighted by Crippen LogP contribution is 2.23. The number of carbonyl (C=O) groups excluding carboxylic acids is 1. The van der Waals surface area contributed by atoms with Gasteiger partial charge in [-0.2, -0.15) is 11.8 Å². The van der Waals surface area contributed by atoms with Crippen LogP contribution in [-0.4, -0.2) is 47.8 Å². The number of amides is 1. The third-order valence-corrected chi connectivity index (χ3v) is 4.99. The molecule has 2 rings (SSSR count). The molecule has 3 atom stereocenters. The van der Waals surface area contributed by atoms with Crippen LogP contribution in [0.1, 0.15) is 32.1 Å². The Kier molecular flexibility index (Phi) is 8.14. The number of rotatable bonds is 4. The zero-order chi connectivity index (χ0) is 12.8. The fraction of sp³-hybridized carbons (Fsp3) is 0.923. The van der Waals surface area contributed by atoms with Crippen LogP contribution in [0.5, 0.6) is 0 Å². The maximum Gasteiger partial charge on any atom is 0.221 e. The van der Waals surface area contributed by atoms with E-state index < -0.39 is 0 Å². The lowest BCUT2D eigenvalue weighted by atomic mass is 9.86. The van der Waals surface area contributed by atoms with Crippen molar-refractivity contribution in [3.8, 4) is 0 Å². The lowest BCUT2D eigenvalue weighted by molar-refractivity contribution is -0.121. The molecule has 1 heterocycles. The Labute approximate surface area is 125 Å². The summed E-state index contributed by atoms with van der Waals surface area (Å²) in [4.78, 5) is 11.8. The summed E-state index contributed by atoms with van der Waals surface area (Å²) >= 11 is 1.91. The van der Waals surface area contributed by atoms with Crippen LogP contribution >= 0.6 is 24.2 Å². The van der Waals surface area contributed by atoms with Gasteiger partial charge in [-0.25, -0.2) is 0 Å². The summed E-state index contributed by atoms with van der Waals surface area (Å²) in [5.41, 5.74) is 0. The van der Waals surface area contributed by atoms with Gasteiger partial charge in [0.05, 0.1) is 6.10 Å². The van der Waals surface area contributed by atoms with Crippen LogP contribution in [0.15, 0.2) is 0 Å². The number of thioether (sulfide) groups is 1. The van der Waals surface area contributed by atoms with Crippen LogP contribution in [0, 0.1) is 5.92 Å². The molecule has 2 fully saturated rings. The molecule has 0 aromatic rings. The highest BCUT2D eigenvalue weighted by molar-refractivity contribution is 7.99. The maximum absolute atomic E-state index is 11.8. The van der Waals surface area contributed by atoms with Crippen LogP contribution in [-0.2, 0) is 4.79 Å². The van der Waals surface area contributed by atoms with Crippen molar-refractivity contribution < 1.29 is 9.90 Å². The zero-order valence-corrected chi connectivity index (χ0v) is 12.9. The van der Waals surface area contributed by atoms with Gasteiger partial charge in [0.2, 0.25) is 5.91 Å². The zero-order valence-electron chi connectivity index (χ0n) is 11.3. The number of nitrogens with one attached hydrogen (secondary N) is 2. The van der Waals surface area contributed by atoms with Crippen LogP contribution < -0.4 is 10.6 Å². The molecule has 3 N–H and O–H groups in total. The second kappa shape index (κ2) is 9.06. The Morgan fingerprint density at radius 1 is 1.37 bits per heavy atom. The lowest BCUT2D eigenvalue weighted by Gasteiger charge is -2.28. The third-order valence-electron chi connectivity index (χ3n) is 3.86. The molecule has 2 aliphatic rings. The van der Waals surface area contributed by atoms with E-state index in [1.165, 1.54) is 6.42 Å². The van der Waals surface area contributed by atoms with Gasteiger partial charge in [0.15, 0.2) is 0 Å². The standard InChI is InChI=1S/C13H24N2O2S.ClH/c16-12-4-2-1-3-10(12)8-15-13(17)7-11-9-18-6-5-14-11;/h10-12,14,16H,1-9H2,(H,15,17);1H. The summed E-state index contributed by atoms with van der Waals surface area (Å²) in [6.07, 6.45) is 4.58. The Bertz CT molecular complexity index is 275. The van der Waals surface area contributed by atoms with Crippen molar-refractivity contribution in [2.24, 2.45) is 5.92 Å². The molecule has 0 aromatic heterocycles. The molecule has 0 radical (unpaired) electrons. The molecule has 4 nitrogen and oxygen atoms in total. The van der Waals surface area contributed by atoms with Gasteiger partial charge in [-0.3, -0.25) is 4.79 Å². The first kappa shape index (κ1) is 17.1. The molecular formula is C13H25ClN2O2S. The van der Waals surface area contributed by atoms with Crippen LogP contribution in [0.4, 0.5) is 0 Å². The van der Waals surface area contributed by atoms with Gasteiger partial charge in [-0.05, 0) is 12.8 Å². The first-order chi connectivity index (χ1) is 8.75. The number of aliphatic hydroxyl groups is 1. The summed E-state index contributed by atoms with van der Waals surface area (Å²) in [6, 6.07) is 0.319. The molecule has 112 valence electrons. The van der Waals surface area contributed by atoms with E-state index in [0.717, 1.165) is 37.3 Å². The smallest absolute Gasteiger partial charge is 0.221 e. The van der Waals surface area contributed by atoms with E-state index in [0.29, 0.717) is 19.0 Å². The molecule has 1 amide bonds. The Balaban J connectivity index is 0.00000180. The highest BCUT2D eigenvalue weighted by atomic mass is 35.5. The van der Waals surface area contributed by atoms with E-state index in [1.807, 2.05) is 11.8 Å². The Morgan fingerprint density at radius 2 is 2.16 bits per heavy atom. The monoisotopic (exact) mass is 308 g/mol. The van der Waals surface area contributed by atoms with Gasteiger partial charge in [0.1, 0.15) is 0 Å². The minimum absolute atomic E-state index is 0. The molecule has 1 aliphatic heterocycles. The second-order valence-corrected chi connectivity index (χ2v) is 6.50. The van der Waals surface area contributed by atoms with E-state index in [1.54, 1.807) is 0 Å². The van der Waals surface area contributed by atoms with Crippen molar-refractivity contribution in [3.63, 3.8) is 0 Å². The highest BCUT2D eigenvalue weighted by Gasteiger charge is 2.24. The maximum atomic E-state index is 11.8. The average Bonchev–Trinajstić information content (AvgIpc) is 2.39. The predicted molar refractivity (Wildman–Crippen MR) is 82.0 cm³/mol. The first-order valence-electron chi connectivity index (χ1n) is 7.01. The summed E-state index contributed by atoms with van der Waals surface area (Å²) in [6.45, 7) is 1.64. The quantitative estimate of drug-likeness (QED) is 0.730. The Morgan fingerprint density at radius 3 is 2.84 bits per heavy atom. The molecule has 0 bridgehead atoms. The fourth-order valence-electron chi connectivity index (χ4n) is 2.72. The molecular weight excluding hydrogens is 284 g/mol. The van der Waals surface area contributed by atoms with E-state index in [9.17, 15) is 9.90 Å². The minimum atomic E-state index is -0.220. The fourth-order valence-corrected chi connectivity index (χ4v) is 3.67. The summed E-state index contributed by atoms with van der Waals surface area (Å²) in [5, 5.41) is 16.2. The van der Waals surface area contributed by atoms with Gasteiger partial charge in [-0.15, -0.1) is 12.4 Å². The molecule has 3 unspecified atom stereocenters. The SMILES string of the molecule is Cl.O=C(CC1CSCCN1)NCC1CCCCC1O. The summed E-state index contributed by atoms with van der Waals surface area (Å²) in [5.74, 6) is 2.55. The largest absolute Gasteiger partial charge is 0.393 e. The number of carbonyl (C=O) groups is 1. The molecule has 6 heteroatoms. The van der Waals surface area contributed by atoms with Gasteiger partial charge < -0.3 is 15.7 Å². The van der Waals surface area contributed by atoms with Crippen molar-refractivity contribution in [2.75, 3.05) is 24.6 Å². The van der Waals surface area contributed by atoms with Crippen molar-refractivity contribution in [1.29, 1.82) is 0 Å². The van der Waals surface area contributed by atoms with E-state index >= 15 is 0 Å². The van der Waals surface area contributed by atoms with Gasteiger partial charge in [0, 0.05) is 43.0 Å².